The van der Waals surface area contributed by atoms with E-state index >= 15 is 0 Å². The molecule has 0 saturated carbocycles. The van der Waals surface area contributed by atoms with Crippen molar-refractivity contribution in [3.8, 4) is 0 Å². The maximum absolute atomic E-state index is 12.4. The van der Waals surface area contributed by atoms with Crippen LogP contribution in [-0.2, 0) is 17.9 Å². The molecule has 22 heavy (non-hydrogen) atoms. The summed E-state index contributed by atoms with van der Waals surface area (Å²) >= 11 is 1.67. The molecule has 1 saturated heterocycles. The van der Waals surface area contributed by atoms with Crippen molar-refractivity contribution in [3.05, 3.63) is 40.8 Å². The van der Waals surface area contributed by atoms with Gasteiger partial charge in [-0.2, -0.15) is 5.10 Å². The first-order valence-electron chi connectivity index (χ1n) is 7.77. The second-order valence-electron chi connectivity index (χ2n) is 5.74. The van der Waals surface area contributed by atoms with Crippen LogP contribution in [0.25, 0.3) is 0 Å². The Morgan fingerprint density at radius 1 is 1.55 bits per heavy atom. The molecule has 3 rings (SSSR count). The van der Waals surface area contributed by atoms with E-state index < -0.39 is 0 Å². The number of likely N-dealkylation sites (tertiary alicyclic amines) is 1. The average molecular weight is 318 g/mol. The molecule has 3 heterocycles. The molecule has 1 aliphatic rings. The number of carbonyl (C=O) groups is 1. The molecule has 118 valence electrons. The largest absolute Gasteiger partial charge is 0.350 e. The van der Waals surface area contributed by atoms with E-state index in [2.05, 4.69) is 15.3 Å². The Morgan fingerprint density at radius 3 is 3.18 bits per heavy atom. The molecule has 1 amide bonds. The molecule has 0 spiro atoms. The second-order valence-corrected chi connectivity index (χ2v) is 6.77. The first-order valence-corrected chi connectivity index (χ1v) is 8.65. The number of hydrogen-bond acceptors (Lipinski definition) is 4. The van der Waals surface area contributed by atoms with E-state index in [4.69, 9.17) is 0 Å². The number of aromatic nitrogens is 2. The first-order chi connectivity index (χ1) is 10.7. The smallest absolute Gasteiger partial charge is 0.237 e. The van der Waals surface area contributed by atoms with Crippen molar-refractivity contribution in [2.45, 2.75) is 44.9 Å². The quantitative estimate of drug-likeness (QED) is 0.887. The number of rotatable bonds is 6. The average Bonchev–Trinajstić information content (AvgIpc) is 3.27. The zero-order valence-electron chi connectivity index (χ0n) is 12.8. The van der Waals surface area contributed by atoms with Crippen molar-refractivity contribution in [2.24, 2.45) is 0 Å². The zero-order chi connectivity index (χ0) is 15.4. The van der Waals surface area contributed by atoms with Crippen molar-refractivity contribution in [3.63, 3.8) is 0 Å². The van der Waals surface area contributed by atoms with Gasteiger partial charge in [0, 0.05) is 23.3 Å². The summed E-state index contributed by atoms with van der Waals surface area (Å²) < 4.78 is 1.96. The van der Waals surface area contributed by atoms with Crippen LogP contribution < -0.4 is 5.32 Å². The number of hydrogen-bond donors (Lipinski definition) is 1. The van der Waals surface area contributed by atoms with E-state index in [1.165, 1.54) is 4.88 Å². The third-order valence-electron chi connectivity index (χ3n) is 4.27. The lowest BCUT2D eigenvalue weighted by molar-refractivity contribution is -0.126. The van der Waals surface area contributed by atoms with E-state index in [9.17, 15) is 4.79 Å². The molecule has 1 aliphatic heterocycles. The van der Waals surface area contributed by atoms with Gasteiger partial charge in [-0.15, -0.1) is 11.3 Å². The first kappa shape index (κ1) is 15.2. The van der Waals surface area contributed by atoms with Crippen LogP contribution >= 0.6 is 11.3 Å². The zero-order valence-corrected chi connectivity index (χ0v) is 13.6. The minimum absolute atomic E-state index is 0.0944. The lowest BCUT2D eigenvalue weighted by Gasteiger charge is -2.29. The predicted octanol–water partition coefficient (Wildman–Crippen LogP) is 2.11. The molecule has 5 nitrogen and oxygen atoms in total. The molecule has 0 aromatic carbocycles. The normalized spacial score (nSPS) is 20.1. The highest BCUT2D eigenvalue weighted by Gasteiger charge is 2.32. The molecule has 0 radical (unpaired) electrons. The van der Waals surface area contributed by atoms with Crippen LogP contribution in [0.15, 0.2) is 36.0 Å². The van der Waals surface area contributed by atoms with Crippen LogP contribution in [0.5, 0.6) is 0 Å². The van der Waals surface area contributed by atoms with Gasteiger partial charge in [0.05, 0.1) is 19.1 Å². The van der Waals surface area contributed by atoms with Gasteiger partial charge in [-0.1, -0.05) is 6.07 Å². The molecule has 1 N–H and O–H groups in total. The van der Waals surface area contributed by atoms with Crippen molar-refractivity contribution >= 4 is 17.2 Å². The van der Waals surface area contributed by atoms with Crippen LogP contribution in [0.4, 0.5) is 0 Å². The fourth-order valence-corrected chi connectivity index (χ4v) is 3.72. The van der Waals surface area contributed by atoms with Gasteiger partial charge < -0.3 is 5.32 Å². The van der Waals surface area contributed by atoms with Gasteiger partial charge in [-0.05, 0) is 43.8 Å². The van der Waals surface area contributed by atoms with Crippen LogP contribution in [-0.4, -0.2) is 39.2 Å². The predicted molar refractivity (Wildman–Crippen MR) is 87.6 cm³/mol. The van der Waals surface area contributed by atoms with Gasteiger partial charge in [0.2, 0.25) is 5.91 Å². The molecule has 0 bridgehead atoms. The van der Waals surface area contributed by atoms with Crippen molar-refractivity contribution in [1.82, 2.24) is 20.0 Å². The van der Waals surface area contributed by atoms with Gasteiger partial charge in [0.1, 0.15) is 0 Å². The Kier molecular flexibility index (Phi) is 4.90. The monoisotopic (exact) mass is 318 g/mol. The van der Waals surface area contributed by atoms with Crippen LogP contribution in [0.1, 0.15) is 24.6 Å². The minimum atomic E-state index is -0.0944. The number of carbonyl (C=O) groups excluding carboxylic acids is 1. The highest BCUT2D eigenvalue weighted by Crippen LogP contribution is 2.21. The molecule has 2 aromatic heterocycles. The SMILES string of the molecule is CC(C(=O)NCc1cccs1)N1CCCC1Cn1cccn1. The maximum atomic E-state index is 12.4. The lowest BCUT2D eigenvalue weighted by Crippen LogP contribution is -2.48. The highest BCUT2D eigenvalue weighted by molar-refractivity contribution is 7.09. The molecule has 6 heteroatoms. The summed E-state index contributed by atoms with van der Waals surface area (Å²) in [6.45, 7) is 4.47. The van der Waals surface area contributed by atoms with Crippen LogP contribution in [0, 0.1) is 0 Å². The lowest BCUT2D eigenvalue weighted by atomic mass is 10.2. The molecule has 0 aliphatic carbocycles. The van der Waals surface area contributed by atoms with Gasteiger partial charge in [0.15, 0.2) is 0 Å². The fraction of sp³-hybridized carbons (Fsp3) is 0.500. The van der Waals surface area contributed by atoms with Crippen molar-refractivity contribution < 1.29 is 4.79 Å². The van der Waals surface area contributed by atoms with Gasteiger partial charge in [0.25, 0.3) is 0 Å². The van der Waals surface area contributed by atoms with E-state index in [0.717, 1.165) is 25.9 Å². The van der Waals surface area contributed by atoms with Crippen molar-refractivity contribution in [1.29, 1.82) is 0 Å². The Balaban J connectivity index is 1.55. The van der Waals surface area contributed by atoms with Crippen molar-refractivity contribution in [2.75, 3.05) is 6.54 Å². The summed E-state index contributed by atoms with van der Waals surface area (Å²) in [5, 5.41) is 9.36. The molecular weight excluding hydrogens is 296 g/mol. The number of amides is 1. The number of nitrogens with zero attached hydrogens (tertiary/aromatic N) is 3. The summed E-state index contributed by atoms with van der Waals surface area (Å²) in [7, 11) is 0. The fourth-order valence-electron chi connectivity index (χ4n) is 3.07. The third kappa shape index (κ3) is 3.56. The summed E-state index contributed by atoms with van der Waals surface area (Å²) in [6.07, 6.45) is 6.06. The van der Waals surface area contributed by atoms with E-state index in [0.29, 0.717) is 12.6 Å². The Bertz CT molecular complexity index is 581. The van der Waals surface area contributed by atoms with E-state index in [-0.39, 0.29) is 11.9 Å². The summed E-state index contributed by atoms with van der Waals surface area (Å²) in [5.74, 6) is 0.112. The summed E-state index contributed by atoms with van der Waals surface area (Å²) in [6, 6.07) is 6.30. The molecular formula is C16H22N4OS. The van der Waals surface area contributed by atoms with Gasteiger partial charge in [-0.3, -0.25) is 14.4 Å². The van der Waals surface area contributed by atoms with E-state index in [1.807, 2.05) is 41.4 Å². The minimum Gasteiger partial charge on any atom is -0.350 e. The Labute approximate surface area is 134 Å². The second kappa shape index (κ2) is 7.07. The summed E-state index contributed by atoms with van der Waals surface area (Å²) in [4.78, 5) is 15.9. The van der Waals surface area contributed by atoms with Gasteiger partial charge in [-0.25, -0.2) is 0 Å². The summed E-state index contributed by atoms with van der Waals surface area (Å²) in [5.41, 5.74) is 0. The van der Waals surface area contributed by atoms with Gasteiger partial charge >= 0.3 is 0 Å². The Hall–Kier alpha value is -1.66. The topological polar surface area (TPSA) is 50.2 Å². The van der Waals surface area contributed by atoms with E-state index in [1.54, 1.807) is 17.5 Å². The van der Waals surface area contributed by atoms with Crippen LogP contribution in [0.2, 0.25) is 0 Å². The van der Waals surface area contributed by atoms with Crippen LogP contribution in [0.3, 0.4) is 0 Å². The molecule has 2 aromatic rings. The number of nitrogens with one attached hydrogen (secondary N) is 1. The molecule has 1 fully saturated rings. The number of thiophene rings is 1. The maximum Gasteiger partial charge on any atom is 0.237 e. The highest BCUT2D eigenvalue weighted by atomic mass is 32.1. The third-order valence-corrected chi connectivity index (χ3v) is 5.15. The Morgan fingerprint density at radius 2 is 2.45 bits per heavy atom. The standard InChI is InChI=1S/C16H22N4OS/c1-13(16(21)17-11-15-6-3-10-22-15)20-9-2-5-14(20)12-19-8-4-7-18-19/h3-4,6-8,10,13-14H,2,5,9,11-12H2,1H3,(H,17,21). The molecule has 2 unspecified atom stereocenters. The molecule has 2 atom stereocenters.